The molecule has 1 aliphatic carbocycles. The summed E-state index contributed by atoms with van der Waals surface area (Å²) in [5.74, 6) is 0.894. The zero-order valence-electron chi connectivity index (χ0n) is 12.6. The van der Waals surface area contributed by atoms with Crippen molar-refractivity contribution >= 4 is 22.6 Å². The molecule has 6 nitrogen and oxygen atoms in total. The molecular formula is C16H18N4O2S. The van der Waals surface area contributed by atoms with E-state index < -0.39 is 0 Å². The Bertz CT molecular complexity index is 698. The van der Waals surface area contributed by atoms with Crippen molar-refractivity contribution < 1.29 is 9.53 Å². The number of aromatic nitrogens is 2. The summed E-state index contributed by atoms with van der Waals surface area (Å²) in [5.41, 5.74) is 0.917. The molecule has 1 saturated carbocycles. The van der Waals surface area contributed by atoms with Crippen molar-refractivity contribution in [1.29, 1.82) is 0 Å². The smallest absolute Gasteiger partial charge is 0.320 e. The third-order valence-electron chi connectivity index (χ3n) is 4.62. The van der Waals surface area contributed by atoms with Gasteiger partial charge in [-0.3, -0.25) is 5.32 Å². The topological polar surface area (TPSA) is 76.1 Å². The summed E-state index contributed by atoms with van der Waals surface area (Å²) in [5, 5.41) is 10.2. The first-order chi connectivity index (χ1) is 11.2. The maximum absolute atomic E-state index is 12.3. The summed E-state index contributed by atoms with van der Waals surface area (Å²) in [6, 6.07) is 7.70. The highest BCUT2D eigenvalue weighted by Crippen LogP contribution is 2.46. The zero-order valence-corrected chi connectivity index (χ0v) is 13.4. The maximum Gasteiger partial charge on any atom is 0.320 e. The second kappa shape index (κ2) is 5.81. The fraction of sp³-hybridized carbons (Fsp3) is 0.438. The Morgan fingerprint density at radius 1 is 1.30 bits per heavy atom. The van der Waals surface area contributed by atoms with E-state index in [1.807, 2.05) is 24.3 Å². The van der Waals surface area contributed by atoms with Gasteiger partial charge < -0.3 is 10.1 Å². The summed E-state index contributed by atoms with van der Waals surface area (Å²) in [7, 11) is 0. The van der Waals surface area contributed by atoms with E-state index in [9.17, 15) is 4.79 Å². The number of urea groups is 1. The number of ether oxygens (including phenoxy) is 1. The molecule has 1 aromatic heterocycles. The molecule has 0 saturated heterocycles. The Morgan fingerprint density at radius 2 is 2.13 bits per heavy atom. The van der Waals surface area contributed by atoms with E-state index in [0.717, 1.165) is 42.1 Å². The standard InChI is InChI=1S/C16H18N4O2S/c21-15(19-14-10-17-20-23-14)18-12-9-16(7-3-4-8-16)22-13-6-2-1-5-11(12)13/h1-2,5-6,10,12H,3-4,7-9H2,(H2,18,19,21). The fourth-order valence-electron chi connectivity index (χ4n) is 3.60. The molecule has 2 N–H and O–H groups in total. The number of anilines is 1. The second-order valence-corrected chi connectivity index (χ2v) is 6.95. The number of fused-ring (bicyclic) bond motifs is 1. The molecule has 0 radical (unpaired) electrons. The van der Waals surface area contributed by atoms with E-state index >= 15 is 0 Å². The summed E-state index contributed by atoms with van der Waals surface area (Å²) in [6.45, 7) is 0. The van der Waals surface area contributed by atoms with Gasteiger partial charge in [-0.15, -0.1) is 5.10 Å². The number of hydrogen-bond donors (Lipinski definition) is 2. The van der Waals surface area contributed by atoms with Crippen molar-refractivity contribution in [1.82, 2.24) is 14.9 Å². The lowest BCUT2D eigenvalue weighted by atomic mass is 9.86. The van der Waals surface area contributed by atoms with Gasteiger partial charge in [-0.1, -0.05) is 22.7 Å². The van der Waals surface area contributed by atoms with Crippen LogP contribution in [0.3, 0.4) is 0 Å². The Hall–Kier alpha value is -2.15. The Morgan fingerprint density at radius 3 is 2.91 bits per heavy atom. The number of hydrogen-bond acceptors (Lipinski definition) is 5. The average molecular weight is 330 g/mol. The van der Waals surface area contributed by atoms with Crippen molar-refractivity contribution in [3.63, 3.8) is 0 Å². The number of amides is 2. The van der Waals surface area contributed by atoms with Crippen molar-refractivity contribution in [2.75, 3.05) is 5.32 Å². The van der Waals surface area contributed by atoms with Crippen LogP contribution in [0.25, 0.3) is 0 Å². The quantitative estimate of drug-likeness (QED) is 0.883. The van der Waals surface area contributed by atoms with E-state index in [4.69, 9.17) is 4.74 Å². The van der Waals surface area contributed by atoms with Gasteiger partial charge in [0.15, 0.2) is 0 Å². The molecule has 2 aromatic rings. The summed E-state index contributed by atoms with van der Waals surface area (Å²) >= 11 is 1.16. The Labute approximate surface area is 138 Å². The second-order valence-electron chi connectivity index (χ2n) is 6.17. The lowest BCUT2D eigenvalue weighted by Gasteiger charge is -2.40. The molecule has 2 aliphatic rings. The molecule has 2 amide bonds. The highest BCUT2D eigenvalue weighted by molar-refractivity contribution is 7.10. The van der Waals surface area contributed by atoms with Crippen LogP contribution in [0.2, 0.25) is 0 Å². The summed E-state index contributed by atoms with van der Waals surface area (Å²) in [6.07, 6.45) is 6.85. The van der Waals surface area contributed by atoms with Gasteiger partial charge in [-0.2, -0.15) is 0 Å². The van der Waals surface area contributed by atoms with Crippen LogP contribution in [0, 0.1) is 0 Å². The fourth-order valence-corrected chi connectivity index (χ4v) is 4.02. The van der Waals surface area contributed by atoms with Crippen LogP contribution in [0.15, 0.2) is 30.5 Å². The van der Waals surface area contributed by atoms with Gasteiger partial charge in [0.2, 0.25) is 0 Å². The largest absolute Gasteiger partial charge is 0.487 e. The minimum Gasteiger partial charge on any atom is -0.487 e. The van der Waals surface area contributed by atoms with E-state index in [1.54, 1.807) is 6.20 Å². The summed E-state index contributed by atoms with van der Waals surface area (Å²) < 4.78 is 10.1. The molecule has 4 rings (SSSR count). The van der Waals surface area contributed by atoms with Crippen LogP contribution in [0.5, 0.6) is 5.75 Å². The van der Waals surface area contributed by atoms with Crippen LogP contribution in [0.1, 0.15) is 43.7 Å². The van der Waals surface area contributed by atoms with Gasteiger partial charge in [0.05, 0.1) is 12.2 Å². The van der Waals surface area contributed by atoms with Crippen LogP contribution in [0.4, 0.5) is 9.80 Å². The minimum absolute atomic E-state index is 0.0427. The number of carbonyl (C=O) groups is 1. The number of benzene rings is 1. The summed E-state index contributed by atoms with van der Waals surface area (Å²) in [4.78, 5) is 12.3. The lowest BCUT2D eigenvalue weighted by Crippen LogP contribution is -2.44. The van der Waals surface area contributed by atoms with Crippen LogP contribution < -0.4 is 15.4 Å². The van der Waals surface area contributed by atoms with E-state index in [0.29, 0.717) is 5.00 Å². The lowest BCUT2D eigenvalue weighted by molar-refractivity contribution is 0.0388. The minimum atomic E-state index is -0.231. The number of carbonyl (C=O) groups excluding carboxylic acids is 1. The van der Waals surface area contributed by atoms with Crippen molar-refractivity contribution in [2.45, 2.75) is 43.7 Å². The SMILES string of the molecule is O=C(Nc1cnns1)NC1CC2(CCCC2)Oc2ccccc21. The molecule has 2 heterocycles. The molecule has 7 heteroatoms. The average Bonchev–Trinajstić information content (AvgIpc) is 3.20. The van der Waals surface area contributed by atoms with Crippen LogP contribution in [-0.4, -0.2) is 21.2 Å². The van der Waals surface area contributed by atoms with Crippen molar-refractivity contribution in [2.24, 2.45) is 0 Å². The van der Waals surface area contributed by atoms with Gasteiger partial charge in [0.1, 0.15) is 16.4 Å². The van der Waals surface area contributed by atoms with Crippen molar-refractivity contribution in [3.8, 4) is 5.75 Å². The predicted molar refractivity (Wildman–Crippen MR) is 87.7 cm³/mol. The van der Waals surface area contributed by atoms with Crippen LogP contribution in [-0.2, 0) is 0 Å². The van der Waals surface area contributed by atoms with Crippen molar-refractivity contribution in [3.05, 3.63) is 36.0 Å². The first-order valence-electron chi connectivity index (χ1n) is 7.87. The molecule has 1 aromatic carbocycles. The molecule has 1 aliphatic heterocycles. The Kier molecular flexibility index (Phi) is 3.65. The van der Waals surface area contributed by atoms with Gasteiger partial charge in [0.25, 0.3) is 0 Å². The van der Waals surface area contributed by atoms with Gasteiger partial charge in [0, 0.05) is 23.5 Å². The number of nitrogens with one attached hydrogen (secondary N) is 2. The third kappa shape index (κ3) is 2.88. The maximum atomic E-state index is 12.3. The molecular weight excluding hydrogens is 312 g/mol. The third-order valence-corrected chi connectivity index (χ3v) is 5.20. The molecule has 120 valence electrons. The normalized spacial score (nSPS) is 21.5. The first-order valence-corrected chi connectivity index (χ1v) is 8.64. The molecule has 1 fully saturated rings. The highest BCUT2D eigenvalue weighted by Gasteiger charge is 2.43. The zero-order chi connectivity index (χ0) is 15.7. The number of rotatable bonds is 2. The molecule has 1 spiro atoms. The van der Waals surface area contributed by atoms with Gasteiger partial charge in [-0.25, -0.2) is 4.79 Å². The van der Waals surface area contributed by atoms with Crippen LogP contribution >= 0.6 is 11.5 Å². The molecule has 23 heavy (non-hydrogen) atoms. The van der Waals surface area contributed by atoms with E-state index in [1.165, 1.54) is 12.8 Å². The first kappa shape index (κ1) is 14.4. The van der Waals surface area contributed by atoms with Gasteiger partial charge in [-0.05, 0) is 31.7 Å². The predicted octanol–water partition coefficient (Wildman–Crippen LogP) is 3.50. The molecule has 1 atom stereocenters. The number of para-hydroxylation sites is 1. The molecule has 0 bridgehead atoms. The van der Waals surface area contributed by atoms with Gasteiger partial charge >= 0.3 is 6.03 Å². The molecule has 1 unspecified atom stereocenters. The van der Waals surface area contributed by atoms with E-state index in [2.05, 4.69) is 20.2 Å². The van der Waals surface area contributed by atoms with E-state index in [-0.39, 0.29) is 17.7 Å². The number of nitrogens with zero attached hydrogens (tertiary/aromatic N) is 2. The monoisotopic (exact) mass is 330 g/mol. The highest BCUT2D eigenvalue weighted by atomic mass is 32.1. The Balaban J connectivity index is 1.55.